The summed E-state index contributed by atoms with van der Waals surface area (Å²) in [6.45, 7) is 0. The molecule has 0 aromatic heterocycles. The fourth-order valence-electron chi connectivity index (χ4n) is 1.67. The molecule has 0 fully saturated rings. The van der Waals surface area contributed by atoms with E-state index in [2.05, 4.69) is 22.7 Å². The SMILES string of the molecule is NC(=S)N/N=C\c1ccc(OC(=O)/C=C/c2ccccc2)cc1. The Bertz CT molecular complexity index is 725. The monoisotopic (exact) mass is 325 g/mol. The molecule has 0 saturated carbocycles. The zero-order valence-corrected chi connectivity index (χ0v) is 13.0. The number of hydrazone groups is 1. The quantitative estimate of drug-likeness (QED) is 0.221. The van der Waals surface area contributed by atoms with Gasteiger partial charge in [-0.25, -0.2) is 4.79 Å². The highest BCUT2D eigenvalue weighted by Crippen LogP contribution is 2.12. The second-order valence-electron chi connectivity index (χ2n) is 4.47. The minimum absolute atomic E-state index is 0.0944. The Balaban J connectivity index is 1.90. The molecule has 0 aliphatic heterocycles. The summed E-state index contributed by atoms with van der Waals surface area (Å²) in [4.78, 5) is 11.7. The first kappa shape index (κ1) is 16.4. The summed E-state index contributed by atoms with van der Waals surface area (Å²) in [5, 5.41) is 3.93. The number of rotatable bonds is 5. The number of nitrogens with one attached hydrogen (secondary N) is 1. The van der Waals surface area contributed by atoms with Gasteiger partial charge < -0.3 is 10.5 Å². The Hall–Kier alpha value is -2.99. The molecule has 0 aliphatic rings. The van der Waals surface area contributed by atoms with Crippen LogP contribution in [0.2, 0.25) is 0 Å². The average Bonchev–Trinajstić information content (AvgIpc) is 2.55. The van der Waals surface area contributed by atoms with Gasteiger partial charge in [0.25, 0.3) is 0 Å². The molecule has 2 aromatic carbocycles. The van der Waals surface area contributed by atoms with Crippen LogP contribution in [0.5, 0.6) is 5.75 Å². The van der Waals surface area contributed by atoms with Gasteiger partial charge in [-0.15, -0.1) is 0 Å². The van der Waals surface area contributed by atoms with Crippen molar-refractivity contribution >= 4 is 35.6 Å². The van der Waals surface area contributed by atoms with E-state index in [1.807, 2.05) is 30.3 Å². The highest BCUT2D eigenvalue weighted by atomic mass is 32.1. The van der Waals surface area contributed by atoms with Crippen LogP contribution in [0.1, 0.15) is 11.1 Å². The first-order chi connectivity index (χ1) is 11.1. The van der Waals surface area contributed by atoms with Crippen molar-refractivity contribution in [2.75, 3.05) is 0 Å². The molecular formula is C17H15N3O2S. The van der Waals surface area contributed by atoms with Gasteiger partial charge in [0.05, 0.1) is 6.21 Å². The Morgan fingerprint density at radius 2 is 1.78 bits per heavy atom. The summed E-state index contributed by atoms with van der Waals surface area (Å²) >= 11 is 4.63. The van der Waals surface area contributed by atoms with E-state index in [-0.39, 0.29) is 5.11 Å². The van der Waals surface area contributed by atoms with Gasteiger partial charge in [-0.05, 0) is 53.7 Å². The summed E-state index contributed by atoms with van der Waals surface area (Å²) in [6.07, 6.45) is 4.64. The molecule has 0 aliphatic carbocycles. The predicted molar refractivity (Wildman–Crippen MR) is 95.1 cm³/mol. The fraction of sp³-hybridized carbons (Fsp3) is 0. The van der Waals surface area contributed by atoms with Crippen molar-refractivity contribution in [1.82, 2.24) is 5.43 Å². The Kier molecular flexibility index (Phi) is 6.02. The van der Waals surface area contributed by atoms with Gasteiger partial charge in [-0.3, -0.25) is 5.43 Å². The molecule has 0 atom stereocenters. The van der Waals surface area contributed by atoms with Crippen molar-refractivity contribution in [1.29, 1.82) is 0 Å². The van der Waals surface area contributed by atoms with E-state index in [1.165, 1.54) is 6.08 Å². The molecule has 0 spiro atoms. The van der Waals surface area contributed by atoms with Gasteiger partial charge >= 0.3 is 5.97 Å². The number of nitrogens with zero attached hydrogens (tertiary/aromatic N) is 1. The lowest BCUT2D eigenvalue weighted by molar-refractivity contribution is -0.128. The van der Waals surface area contributed by atoms with E-state index < -0.39 is 5.97 Å². The number of nitrogens with two attached hydrogens (primary N) is 1. The molecule has 3 N–H and O–H groups in total. The maximum absolute atomic E-state index is 11.7. The number of hydrogen-bond acceptors (Lipinski definition) is 4. The zero-order chi connectivity index (χ0) is 16.5. The van der Waals surface area contributed by atoms with E-state index >= 15 is 0 Å². The molecule has 2 rings (SSSR count). The van der Waals surface area contributed by atoms with Gasteiger partial charge in [0.2, 0.25) is 0 Å². The summed E-state index contributed by atoms with van der Waals surface area (Å²) in [5.74, 6) is 0.0117. The third-order valence-corrected chi connectivity index (χ3v) is 2.79. The van der Waals surface area contributed by atoms with Gasteiger partial charge in [-0.1, -0.05) is 30.3 Å². The molecule has 5 nitrogen and oxygen atoms in total. The molecule has 0 heterocycles. The van der Waals surface area contributed by atoms with Crippen molar-refractivity contribution < 1.29 is 9.53 Å². The van der Waals surface area contributed by atoms with Crippen LogP contribution in [0, 0.1) is 0 Å². The molecule has 6 heteroatoms. The molecule has 0 saturated heterocycles. The summed E-state index contributed by atoms with van der Waals surface area (Å²) in [6, 6.07) is 16.4. The summed E-state index contributed by atoms with van der Waals surface area (Å²) in [7, 11) is 0. The lowest BCUT2D eigenvalue weighted by Crippen LogP contribution is -2.23. The molecule has 116 valence electrons. The number of carbonyl (C=O) groups excluding carboxylic acids is 1. The van der Waals surface area contributed by atoms with E-state index in [4.69, 9.17) is 10.5 Å². The predicted octanol–water partition coefficient (Wildman–Crippen LogP) is 2.47. The number of carbonyl (C=O) groups is 1. The highest BCUT2D eigenvalue weighted by molar-refractivity contribution is 7.80. The minimum atomic E-state index is -0.439. The number of hydrogen-bond donors (Lipinski definition) is 2. The number of ether oxygens (including phenoxy) is 1. The second-order valence-corrected chi connectivity index (χ2v) is 4.91. The number of thiocarbonyl (C=S) groups is 1. The van der Waals surface area contributed by atoms with Crippen LogP contribution in [0.25, 0.3) is 6.08 Å². The van der Waals surface area contributed by atoms with Crippen LogP contribution in [0.15, 0.2) is 65.8 Å². The second kappa shape index (κ2) is 8.45. The molecule has 0 amide bonds. The van der Waals surface area contributed by atoms with Crippen LogP contribution in [0.3, 0.4) is 0 Å². The third-order valence-electron chi connectivity index (χ3n) is 2.70. The average molecular weight is 325 g/mol. The standard InChI is InChI=1S/C17H15N3O2S/c18-17(23)20-19-12-14-6-9-15(10-7-14)22-16(21)11-8-13-4-2-1-3-5-13/h1-12H,(H3,18,20,23)/b11-8+,19-12-. The third kappa shape index (κ3) is 6.11. The molecule has 0 radical (unpaired) electrons. The maximum atomic E-state index is 11.7. The molecule has 2 aromatic rings. The molecule has 0 bridgehead atoms. The van der Waals surface area contributed by atoms with E-state index in [0.717, 1.165) is 11.1 Å². The van der Waals surface area contributed by atoms with Gasteiger partial charge in [0.15, 0.2) is 5.11 Å². The largest absolute Gasteiger partial charge is 0.423 e. The Morgan fingerprint density at radius 1 is 1.09 bits per heavy atom. The molecule has 23 heavy (non-hydrogen) atoms. The van der Waals surface area contributed by atoms with Gasteiger partial charge in [0.1, 0.15) is 5.75 Å². The van der Waals surface area contributed by atoms with Crippen molar-refractivity contribution in [3.05, 3.63) is 71.8 Å². The smallest absolute Gasteiger partial charge is 0.336 e. The fourth-order valence-corrected chi connectivity index (χ4v) is 1.72. The van der Waals surface area contributed by atoms with Crippen molar-refractivity contribution in [3.63, 3.8) is 0 Å². The first-order valence-corrected chi connectivity index (χ1v) is 7.18. The van der Waals surface area contributed by atoms with Crippen LogP contribution in [-0.2, 0) is 4.79 Å². The molecule has 0 unspecified atom stereocenters. The number of benzene rings is 2. The first-order valence-electron chi connectivity index (χ1n) is 6.77. The summed E-state index contributed by atoms with van der Waals surface area (Å²) in [5.41, 5.74) is 9.45. The summed E-state index contributed by atoms with van der Waals surface area (Å²) < 4.78 is 5.21. The van der Waals surface area contributed by atoms with E-state index in [0.29, 0.717) is 5.75 Å². The van der Waals surface area contributed by atoms with Crippen LogP contribution >= 0.6 is 12.2 Å². The van der Waals surface area contributed by atoms with Crippen molar-refractivity contribution in [3.8, 4) is 5.75 Å². The van der Waals surface area contributed by atoms with Crippen LogP contribution in [0.4, 0.5) is 0 Å². The molecular weight excluding hydrogens is 310 g/mol. The normalized spacial score (nSPS) is 10.8. The lowest BCUT2D eigenvalue weighted by atomic mass is 10.2. The van der Waals surface area contributed by atoms with Gasteiger partial charge in [0, 0.05) is 6.08 Å². The Labute approximate surface area is 139 Å². The minimum Gasteiger partial charge on any atom is -0.423 e. The number of esters is 1. The zero-order valence-electron chi connectivity index (χ0n) is 12.2. The maximum Gasteiger partial charge on any atom is 0.336 e. The highest BCUT2D eigenvalue weighted by Gasteiger charge is 2.00. The topological polar surface area (TPSA) is 76.7 Å². The van der Waals surface area contributed by atoms with Crippen molar-refractivity contribution in [2.45, 2.75) is 0 Å². The van der Waals surface area contributed by atoms with E-state index in [9.17, 15) is 4.79 Å². The van der Waals surface area contributed by atoms with Crippen LogP contribution < -0.4 is 15.9 Å². The lowest BCUT2D eigenvalue weighted by Gasteiger charge is -2.01. The van der Waals surface area contributed by atoms with Crippen molar-refractivity contribution in [2.24, 2.45) is 10.8 Å². The van der Waals surface area contributed by atoms with Crippen LogP contribution in [-0.4, -0.2) is 17.3 Å². The Morgan fingerprint density at radius 3 is 2.43 bits per heavy atom. The van der Waals surface area contributed by atoms with E-state index in [1.54, 1.807) is 36.6 Å². The van der Waals surface area contributed by atoms with Gasteiger partial charge in [-0.2, -0.15) is 5.10 Å².